The van der Waals surface area contributed by atoms with Crippen LogP contribution in [0.2, 0.25) is 0 Å². The standard InChI is InChI=1S/C16H20O5S2/c1-12-7-9-14(10-8-12)23(17,18)21-13(2)16(19-3,20-4)15-6-5-11-22-15/h5-11,13H,1-4H3. The molecule has 0 aliphatic rings. The van der Waals surface area contributed by atoms with Crippen molar-refractivity contribution in [1.82, 2.24) is 0 Å². The van der Waals surface area contributed by atoms with E-state index < -0.39 is 22.0 Å². The fraction of sp³-hybridized carbons (Fsp3) is 0.375. The van der Waals surface area contributed by atoms with Gasteiger partial charge in [0.05, 0.1) is 9.77 Å². The maximum absolute atomic E-state index is 12.5. The van der Waals surface area contributed by atoms with E-state index in [0.29, 0.717) is 0 Å². The topological polar surface area (TPSA) is 61.8 Å². The van der Waals surface area contributed by atoms with Crippen LogP contribution >= 0.6 is 11.3 Å². The van der Waals surface area contributed by atoms with Gasteiger partial charge < -0.3 is 9.47 Å². The van der Waals surface area contributed by atoms with Crippen LogP contribution in [0.5, 0.6) is 0 Å². The van der Waals surface area contributed by atoms with Gasteiger partial charge in [0.25, 0.3) is 10.1 Å². The smallest absolute Gasteiger partial charge is 0.297 e. The third kappa shape index (κ3) is 3.64. The maximum Gasteiger partial charge on any atom is 0.297 e. The fourth-order valence-electron chi connectivity index (χ4n) is 2.31. The summed E-state index contributed by atoms with van der Waals surface area (Å²) < 4.78 is 41.3. The monoisotopic (exact) mass is 356 g/mol. The molecular weight excluding hydrogens is 336 g/mol. The highest BCUT2D eigenvalue weighted by molar-refractivity contribution is 7.86. The summed E-state index contributed by atoms with van der Waals surface area (Å²) in [5, 5.41) is 1.86. The van der Waals surface area contributed by atoms with Gasteiger partial charge in [0.15, 0.2) is 0 Å². The molecule has 0 aliphatic heterocycles. The van der Waals surface area contributed by atoms with Crippen molar-refractivity contribution in [3.05, 3.63) is 52.2 Å². The molecule has 0 fully saturated rings. The summed E-state index contributed by atoms with van der Waals surface area (Å²) in [6, 6.07) is 10.1. The van der Waals surface area contributed by atoms with Crippen LogP contribution in [0.15, 0.2) is 46.7 Å². The second-order valence-corrected chi connectivity index (χ2v) is 7.58. The van der Waals surface area contributed by atoms with Gasteiger partial charge in [-0.3, -0.25) is 4.18 Å². The molecule has 0 amide bonds. The molecule has 1 aromatic carbocycles. The maximum atomic E-state index is 12.5. The number of thiophene rings is 1. The van der Waals surface area contributed by atoms with Crippen molar-refractivity contribution in [1.29, 1.82) is 0 Å². The quantitative estimate of drug-likeness (QED) is 0.563. The molecule has 0 bridgehead atoms. The van der Waals surface area contributed by atoms with Crippen LogP contribution in [0.1, 0.15) is 17.4 Å². The second-order valence-electron chi connectivity index (χ2n) is 5.06. The highest BCUT2D eigenvalue weighted by Crippen LogP contribution is 2.36. The molecule has 0 radical (unpaired) electrons. The molecule has 1 atom stereocenters. The van der Waals surface area contributed by atoms with Crippen molar-refractivity contribution in [3.8, 4) is 0 Å². The number of hydrogen-bond donors (Lipinski definition) is 0. The summed E-state index contributed by atoms with van der Waals surface area (Å²) in [6.07, 6.45) is -0.873. The van der Waals surface area contributed by atoms with Crippen molar-refractivity contribution in [2.75, 3.05) is 14.2 Å². The Balaban J connectivity index is 2.31. The average molecular weight is 356 g/mol. The van der Waals surface area contributed by atoms with E-state index in [1.54, 1.807) is 19.1 Å². The SMILES string of the molecule is COC(OC)(c1cccs1)C(C)OS(=O)(=O)c1ccc(C)cc1. The molecule has 0 aliphatic carbocycles. The second kappa shape index (κ2) is 7.11. The van der Waals surface area contributed by atoms with Crippen LogP contribution < -0.4 is 0 Å². The number of aryl methyl sites for hydroxylation is 1. The lowest BCUT2D eigenvalue weighted by Gasteiger charge is -2.34. The van der Waals surface area contributed by atoms with E-state index in [2.05, 4.69) is 0 Å². The predicted octanol–water partition coefficient (Wildman–Crippen LogP) is 3.30. The Kier molecular flexibility index (Phi) is 5.59. The van der Waals surface area contributed by atoms with Gasteiger partial charge in [0.1, 0.15) is 6.10 Å². The largest absolute Gasteiger partial charge is 0.347 e. The molecule has 2 rings (SSSR count). The number of methoxy groups -OCH3 is 2. The average Bonchev–Trinajstić information content (AvgIpc) is 3.04. The third-order valence-corrected chi connectivity index (χ3v) is 5.95. The van der Waals surface area contributed by atoms with Crippen LogP contribution in [-0.4, -0.2) is 28.7 Å². The van der Waals surface area contributed by atoms with Gasteiger partial charge in [0.2, 0.25) is 5.79 Å². The summed E-state index contributed by atoms with van der Waals surface area (Å²) in [5.41, 5.74) is 0.971. The molecule has 0 N–H and O–H groups in total. The summed E-state index contributed by atoms with van der Waals surface area (Å²) in [5.74, 6) is -1.29. The molecule has 1 unspecified atom stereocenters. The number of rotatable bonds is 7. The number of ether oxygens (including phenoxy) is 2. The zero-order chi connectivity index (χ0) is 17.1. The number of hydrogen-bond acceptors (Lipinski definition) is 6. The Hall–Kier alpha value is -1.25. The van der Waals surface area contributed by atoms with Crippen molar-refractivity contribution < 1.29 is 22.1 Å². The van der Waals surface area contributed by atoms with Crippen LogP contribution in [0.25, 0.3) is 0 Å². The van der Waals surface area contributed by atoms with E-state index in [1.807, 2.05) is 24.4 Å². The highest BCUT2D eigenvalue weighted by Gasteiger charge is 2.43. The van der Waals surface area contributed by atoms with Gasteiger partial charge >= 0.3 is 0 Å². The Morgan fingerprint density at radius 1 is 1.09 bits per heavy atom. The lowest BCUT2D eigenvalue weighted by Crippen LogP contribution is -2.43. The Morgan fingerprint density at radius 2 is 1.70 bits per heavy atom. The van der Waals surface area contributed by atoms with Crippen LogP contribution in [0.4, 0.5) is 0 Å². The van der Waals surface area contributed by atoms with Crippen LogP contribution in [0.3, 0.4) is 0 Å². The highest BCUT2D eigenvalue weighted by atomic mass is 32.2. The van der Waals surface area contributed by atoms with E-state index in [-0.39, 0.29) is 4.90 Å². The first-order valence-electron chi connectivity index (χ1n) is 7.00. The van der Waals surface area contributed by atoms with Crippen molar-refractivity contribution in [2.45, 2.75) is 30.6 Å². The van der Waals surface area contributed by atoms with Gasteiger partial charge in [-0.2, -0.15) is 8.42 Å². The van der Waals surface area contributed by atoms with Crippen LogP contribution in [-0.2, 0) is 29.6 Å². The van der Waals surface area contributed by atoms with Gasteiger partial charge in [0, 0.05) is 14.2 Å². The summed E-state index contributed by atoms with van der Waals surface area (Å²) in [4.78, 5) is 0.830. The van der Waals surface area contributed by atoms with Crippen molar-refractivity contribution in [3.63, 3.8) is 0 Å². The molecule has 7 heteroatoms. The van der Waals surface area contributed by atoms with Crippen molar-refractivity contribution in [2.24, 2.45) is 0 Å². The molecule has 23 heavy (non-hydrogen) atoms. The van der Waals surface area contributed by atoms with Gasteiger partial charge in [-0.15, -0.1) is 11.3 Å². The number of benzene rings is 1. The minimum atomic E-state index is -3.93. The van der Waals surface area contributed by atoms with Crippen LogP contribution in [0, 0.1) is 6.92 Å². The molecule has 0 spiro atoms. The van der Waals surface area contributed by atoms with E-state index >= 15 is 0 Å². The van der Waals surface area contributed by atoms with E-state index in [1.165, 1.54) is 37.7 Å². The predicted molar refractivity (Wildman–Crippen MR) is 88.9 cm³/mol. The molecule has 0 saturated heterocycles. The third-order valence-electron chi connectivity index (χ3n) is 3.59. The molecule has 5 nitrogen and oxygen atoms in total. The normalized spacial score (nSPS) is 13.9. The summed E-state index contributed by atoms with van der Waals surface area (Å²) >= 11 is 1.41. The van der Waals surface area contributed by atoms with Gasteiger partial charge in [-0.25, -0.2) is 0 Å². The lowest BCUT2D eigenvalue weighted by molar-refractivity contribution is -0.255. The van der Waals surface area contributed by atoms with Gasteiger partial charge in [-0.05, 0) is 37.4 Å². The van der Waals surface area contributed by atoms with E-state index in [4.69, 9.17) is 13.7 Å². The lowest BCUT2D eigenvalue weighted by atomic mass is 10.1. The minimum Gasteiger partial charge on any atom is -0.347 e. The molecule has 0 saturated carbocycles. The van der Waals surface area contributed by atoms with E-state index in [0.717, 1.165) is 10.4 Å². The van der Waals surface area contributed by atoms with Crippen molar-refractivity contribution >= 4 is 21.5 Å². The first-order chi connectivity index (χ1) is 10.9. The summed E-state index contributed by atoms with van der Waals surface area (Å²) in [6.45, 7) is 3.50. The first kappa shape index (κ1) is 18.1. The Bertz CT molecular complexity index is 716. The zero-order valence-corrected chi connectivity index (χ0v) is 15.1. The fourth-order valence-corrected chi connectivity index (χ4v) is 4.35. The molecule has 1 aromatic heterocycles. The summed E-state index contributed by atoms with van der Waals surface area (Å²) in [7, 11) is -1.01. The molecular formula is C16H20O5S2. The first-order valence-corrected chi connectivity index (χ1v) is 9.29. The minimum absolute atomic E-state index is 0.0993. The molecule has 126 valence electrons. The Morgan fingerprint density at radius 3 is 2.17 bits per heavy atom. The zero-order valence-electron chi connectivity index (χ0n) is 13.5. The Labute approximate surface area is 140 Å². The molecule has 1 heterocycles. The van der Waals surface area contributed by atoms with E-state index in [9.17, 15) is 8.42 Å². The van der Waals surface area contributed by atoms with Gasteiger partial charge in [-0.1, -0.05) is 23.8 Å². The molecule has 2 aromatic rings.